The van der Waals surface area contributed by atoms with Crippen LogP contribution in [-0.4, -0.2) is 36.5 Å². The maximum atomic E-state index is 14.3. The van der Waals surface area contributed by atoms with Crippen molar-refractivity contribution >= 4 is 30.7 Å². The molecule has 0 spiro atoms. The largest absolute Gasteiger partial charge is 0.457 e. The number of carbonyl (C=O) groups excluding carboxylic acids is 1. The number of nitrogens with zero attached hydrogens (tertiary/aromatic N) is 1. The van der Waals surface area contributed by atoms with Crippen LogP contribution in [-0.2, 0) is 6.42 Å². The Morgan fingerprint density at radius 2 is 1.76 bits per heavy atom. The van der Waals surface area contributed by atoms with Crippen molar-refractivity contribution in [2.75, 3.05) is 19.6 Å². The Morgan fingerprint density at radius 3 is 2.41 bits per heavy atom. The molecule has 29 heavy (non-hydrogen) atoms. The summed E-state index contributed by atoms with van der Waals surface area (Å²) >= 11 is 0. The van der Waals surface area contributed by atoms with Gasteiger partial charge < -0.3 is 21.1 Å². The van der Waals surface area contributed by atoms with E-state index in [0.29, 0.717) is 31.1 Å². The average Bonchev–Trinajstić information content (AvgIpc) is 2.70. The molecule has 1 aliphatic rings. The van der Waals surface area contributed by atoms with Crippen LogP contribution in [0.15, 0.2) is 42.5 Å². The van der Waals surface area contributed by atoms with Gasteiger partial charge in [-0.25, -0.2) is 4.39 Å². The summed E-state index contributed by atoms with van der Waals surface area (Å²) in [5, 5.41) is 0. The van der Waals surface area contributed by atoms with E-state index in [2.05, 4.69) is 0 Å². The predicted octanol–water partition coefficient (Wildman–Crippen LogP) is 3.92. The van der Waals surface area contributed by atoms with Crippen molar-refractivity contribution in [2.45, 2.75) is 31.7 Å². The summed E-state index contributed by atoms with van der Waals surface area (Å²) < 4.78 is 20.1. The molecule has 0 saturated carbocycles. The highest BCUT2D eigenvalue weighted by atomic mass is 35.5. The van der Waals surface area contributed by atoms with Gasteiger partial charge in [-0.2, -0.15) is 0 Å². The van der Waals surface area contributed by atoms with E-state index < -0.39 is 5.82 Å². The third kappa shape index (κ3) is 6.31. The van der Waals surface area contributed by atoms with Crippen LogP contribution in [0.25, 0.3) is 0 Å². The van der Waals surface area contributed by atoms with Crippen molar-refractivity contribution in [1.82, 2.24) is 4.90 Å². The third-order valence-electron chi connectivity index (χ3n) is 4.92. The van der Waals surface area contributed by atoms with Crippen molar-refractivity contribution in [3.8, 4) is 11.5 Å². The van der Waals surface area contributed by atoms with E-state index in [1.54, 1.807) is 4.90 Å². The van der Waals surface area contributed by atoms with E-state index in [4.69, 9.17) is 16.2 Å². The zero-order valence-electron chi connectivity index (χ0n) is 16.2. The van der Waals surface area contributed by atoms with Crippen molar-refractivity contribution < 1.29 is 13.9 Å². The van der Waals surface area contributed by atoms with Gasteiger partial charge in [0.25, 0.3) is 5.91 Å². The van der Waals surface area contributed by atoms with Crippen LogP contribution in [0.2, 0.25) is 0 Å². The van der Waals surface area contributed by atoms with E-state index >= 15 is 0 Å². The van der Waals surface area contributed by atoms with E-state index in [0.717, 1.165) is 31.2 Å². The molecule has 1 fully saturated rings. The van der Waals surface area contributed by atoms with Crippen LogP contribution in [0.5, 0.6) is 11.5 Å². The lowest BCUT2D eigenvalue weighted by molar-refractivity contribution is 0.0618. The predicted molar refractivity (Wildman–Crippen MR) is 118 cm³/mol. The second-order valence-electron chi connectivity index (χ2n) is 6.81. The molecule has 1 amide bonds. The number of piperidine rings is 1. The van der Waals surface area contributed by atoms with E-state index in [-0.39, 0.29) is 42.3 Å². The standard InChI is InChI=1S/C21H26FN3O2.2ClH/c22-20-9-8-18(27-17-6-4-15(5-7-17)10-11-23)13-19(20)21(26)25-12-2-1-3-16(25)14-24;;/h4-9,13,16H,1-3,10-12,14,23-24H2;2*1H. The van der Waals surface area contributed by atoms with Gasteiger partial charge in [-0.1, -0.05) is 12.1 Å². The van der Waals surface area contributed by atoms with Gasteiger partial charge in [0.15, 0.2) is 0 Å². The number of likely N-dealkylation sites (tertiary alicyclic amines) is 1. The molecule has 0 aliphatic carbocycles. The lowest BCUT2D eigenvalue weighted by Gasteiger charge is -2.35. The van der Waals surface area contributed by atoms with Crippen LogP contribution in [0, 0.1) is 5.82 Å². The van der Waals surface area contributed by atoms with Gasteiger partial charge in [-0.05, 0) is 68.1 Å². The van der Waals surface area contributed by atoms with Gasteiger partial charge in [0.2, 0.25) is 0 Å². The molecular weight excluding hydrogens is 416 g/mol. The first-order chi connectivity index (χ1) is 13.1. The fourth-order valence-electron chi connectivity index (χ4n) is 3.43. The van der Waals surface area contributed by atoms with Gasteiger partial charge >= 0.3 is 0 Å². The fourth-order valence-corrected chi connectivity index (χ4v) is 3.43. The molecule has 8 heteroatoms. The summed E-state index contributed by atoms with van der Waals surface area (Å²) in [6.45, 7) is 1.58. The number of halogens is 3. The number of nitrogens with two attached hydrogens (primary N) is 2. The van der Waals surface area contributed by atoms with E-state index in [1.165, 1.54) is 18.2 Å². The second kappa shape index (κ2) is 12.0. The number of carbonyl (C=O) groups is 1. The molecule has 0 bridgehead atoms. The van der Waals surface area contributed by atoms with Gasteiger partial charge in [0.1, 0.15) is 17.3 Å². The summed E-state index contributed by atoms with van der Waals surface area (Å²) in [6.07, 6.45) is 3.61. The first-order valence-electron chi connectivity index (χ1n) is 9.40. The molecule has 3 rings (SSSR count). The van der Waals surface area contributed by atoms with Crippen LogP contribution < -0.4 is 16.2 Å². The average molecular weight is 444 g/mol. The molecule has 1 saturated heterocycles. The molecule has 1 unspecified atom stereocenters. The summed E-state index contributed by atoms with van der Waals surface area (Å²) in [6, 6.07) is 11.8. The first-order valence-corrected chi connectivity index (χ1v) is 9.40. The van der Waals surface area contributed by atoms with Crippen molar-refractivity contribution in [3.05, 3.63) is 59.4 Å². The van der Waals surface area contributed by atoms with Gasteiger partial charge in [-0.3, -0.25) is 4.79 Å². The topological polar surface area (TPSA) is 81.6 Å². The Morgan fingerprint density at radius 1 is 1.07 bits per heavy atom. The number of ether oxygens (including phenoxy) is 1. The maximum absolute atomic E-state index is 14.3. The Labute approximate surface area is 183 Å². The molecular formula is C21H28Cl2FN3O2. The smallest absolute Gasteiger partial charge is 0.257 e. The fraction of sp³-hybridized carbons (Fsp3) is 0.381. The Hall–Kier alpha value is -1.86. The summed E-state index contributed by atoms with van der Waals surface area (Å²) in [5.41, 5.74) is 12.5. The van der Waals surface area contributed by atoms with E-state index in [9.17, 15) is 9.18 Å². The van der Waals surface area contributed by atoms with Gasteiger partial charge in [0, 0.05) is 19.1 Å². The van der Waals surface area contributed by atoms with Crippen LogP contribution in [0.3, 0.4) is 0 Å². The zero-order valence-corrected chi connectivity index (χ0v) is 17.8. The molecule has 160 valence electrons. The van der Waals surface area contributed by atoms with Gasteiger partial charge in [-0.15, -0.1) is 24.8 Å². The monoisotopic (exact) mass is 443 g/mol. The second-order valence-corrected chi connectivity index (χ2v) is 6.81. The van der Waals surface area contributed by atoms with Crippen molar-refractivity contribution in [3.63, 3.8) is 0 Å². The third-order valence-corrected chi connectivity index (χ3v) is 4.92. The van der Waals surface area contributed by atoms with E-state index in [1.807, 2.05) is 24.3 Å². The summed E-state index contributed by atoms with van der Waals surface area (Å²) in [7, 11) is 0. The lowest BCUT2D eigenvalue weighted by atomic mass is 10.0. The summed E-state index contributed by atoms with van der Waals surface area (Å²) in [4.78, 5) is 14.6. The molecule has 0 aromatic heterocycles. The summed E-state index contributed by atoms with van der Waals surface area (Å²) in [5.74, 6) is 0.171. The number of hydrogen-bond acceptors (Lipinski definition) is 4. The minimum absolute atomic E-state index is 0. The molecule has 1 aliphatic heterocycles. The lowest BCUT2D eigenvalue weighted by Crippen LogP contribution is -2.47. The number of amides is 1. The molecule has 0 radical (unpaired) electrons. The highest BCUT2D eigenvalue weighted by Crippen LogP contribution is 2.26. The van der Waals surface area contributed by atoms with Crippen LogP contribution in [0.4, 0.5) is 4.39 Å². The van der Waals surface area contributed by atoms with Crippen molar-refractivity contribution in [1.29, 1.82) is 0 Å². The SMILES string of the molecule is Cl.Cl.NCCc1ccc(Oc2ccc(F)c(C(=O)N3CCCCC3CN)c2)cc1. The maximum Gasteiger partial charge on any atom is 0.257 e. The minimum atomic E-state index is -0.549. The Kier molecular flexibility index (Phi) is 10.4. The van der Waals surface area contributed by atoms with Gasteiger partial charge in [0.05, 0.1) is 5.56 Å². The highest BCUT2D eigenvalue weighted by Gasteiger charge is 2.28. The minimum Gasteiger partial charge on any atom is -0.457 e. The molecule has 4 N–H and O–H groups in total. The number of hydrogen-bond donors (Lipinski definition) is 2. The van der Waals surface area contributed by atoms with Crippen molar-refractivity contribution in [2.24, 2.45) is 11.5 Å². The quantitative estimate of drug-likeness (QED) is 0.708. The molecule has 5 nitrogen and oxygen atoms in total. The Balaban J connectivity index is 0.00000210. The first kappa shape index (κ1) is 25.2. The molecule has 2 aromatic carbocycles. The number of benzene rings is 2. The normalized spacial score (nSPS) is 15.8. The van der Waals surface area contributed by atoms with Crippen LogP contribution >= 0.6 is 24.8 Å². The highest BCUT2D eigenvalue weighted by molar-refractivity contribution is 5.95. The molecule has 2 aromatic rings. The molecule has 1 heterocycles. The Bertz CT molecular complexity index is 790. The van der Waals surface area contributed by atoms with Crippen LogP contribution in [0.1, 0.15) is 35.2 Å². The number of rotatable bonds is 6. The molecule has 1 atom stereocenters. The zero-order chi connectivity index (χ0) is 19.2.